The van der Waals surface area contributed by atoms with E-state index in [-0.39, 0.29) is 5.92 Å². The quantitative estimate of drug-likeness (QED) is 0.684. The van der Waals surface area contributed by atoms with Crippen LogP contribution in [-0.2, 0) is 9.53 Å². The Kier molecular flexibility index (Phi) is 4.22. The van der Waals surface area contributed by atoms with E-state index in [0.717, 1.165) is 32.6 Å². The van der Waals surface area contributed by atoms with Gasteiger partial charge in [-0.25, -0.2) is 0 Å². The summed E-state index contributed by atoms with van der Waals surface area (Å²) in [4.78, 5) is 14.5. The minimum absolute atomic E-state index is 0.231. The first kappa shape index (κ1) is 11.9. The van der Waals surface area contributed by atoms with Gasteiger partial charge >= 0.3 is 0 Å². The van der Waals surface area contributed by atoms with Crippen molar-refractivity contribution >= 4 is 5.91 Å². The molecular weight excluding hydrogens is 202 g/mol. The van der Waals surface area contributed by atoms with Gasteiger partial charge in [0.15, 0.2) is 0 Å². The summed E-state index contributed by atoms with van der Waals surface area (Å²) in [6.07, 6.45) is 6.75. The summed E-state index contributed by atoms with van der Waals surface area (Å²) in [5, 5.41) is 0. The van der Waals surface area contributed by atoms with Crippen LogP contribution in [0.15, 0.2) is 0 Å². The molecule has 2 saturated heterocycles. The highest BCUT2D eigenvalue weighted by molar-refractivity contribution is 5.79. The maximum absolute atomic E-state index is 12.4. The summed E-state index contributed by atoms with van der Waals surface area (Å²) in [7, 11) is 0. The lowest BCUT2D eigenvalue weighted by molar-refractivity contribution is -0.140. The van der Waals surface area contributed by atoms with Crippen LogP contribution in [0.2, 0.25) is 0 Å². The molecule has 2 heterocycles. The molecule has 3 nitrogen and oxygen atoms in total. The minimum Gasteiger partial charge on any atom is -0.381 e. The number of amides is 1. The van der Waals surface area contributed by atoms with Gasteiger partial charge in [0.2, 0.25) is 5.91 Å². The maximum atomic E-state index is 12.4. The van der Waals surface area contributed by atoms with E-state index in [2.05, 4.69) is 11.8 Å². The van der Waals surface area contributed by atoms with E-state index in [1.165, 1.54) is 25.7 Å². The number of rotatable bonds is 1. The average Bonchev–Trinajstić information content (AvgIpc) is 2.54. The van der Waals surface area contributed by atoms with Gasteiger partial charge in [-0.15, -0.1) is 0 Å². The Balaban J connectivity index is 1.95. The summed E-state index contributed by atoms with van der Waals surface area (Å²) in [5.74, 6) is 0.618. The largest absolute Gasteiger partial charge is 0.381 e. The van der Waals surface area contributed by atoms with Crippen LogP contribution < -0.4 is 0 Å². The Labute approximate surface area is 98.1 Å². The number of hydrogen-bond donors (Lipinski definition) is 0. The third-order valence-corrected chi connectivity index (χ3v) is 3.91. The van der Waals surface area contributed by atoms with Crippen molar-refractivity contribution in [2.75, 3.05) is 19.8 Å². The molecule has 16 heavy (non-hydrogen) atoms. The molecule has 0 aliphatic carbocycles. The van der Waals surface area contributed by atoms with Gasteiger partial charge in [0.25, 0.3) is 0 Å². The Morgan fingerprint density at radius 2 is 1.88 bits per heavy atom. The second-order valence-electron chi connectivity index (χ2n) is 5.12. The molecule has 1 amide bonds. The summed E-state index contributed by atoms with van der Waals surface area (Å²) < 4.78 is 5.32. The van der Waals surface area contributed by atoms with Crippen molar-refractivity contribution < 1.29 is 9.53 Å². The Morgan fingerprint density at radius 1 is 1.12 bits per heavy atom. The highest BCUT2D eigenvalue weighted by Gasteiger charge is 2.29. The number of nitrogens with zero attached hydrogens (tertiary/aromatic N) is 1. The molecule has 0 saturated carbocycles. The summed E-state index contributed by atoms with van der Waals surface area (Å²) in [5.41, 5.74) is 0. The van der Waals surface area contributed by atoms with Gasteiger partial charge in [0.1, 0.15) is 0 Å². The SMILES string of the molecule is C[C@H]1CCCCCN1C(=O)C1CCOCC1. The van der Waals surface area contributed by atoms with Crippen molar-refractivity contribution in [3.05, 3.63) is 0 Å². The molecule has 92 valence electrons. The first-order valence-corrected chi connectivity index (χ1v) is 6.67. The molecule has 0 aromatic rings. The normalized spacial score (nSPS) is 28.8. The standard InChI is InChI=1S/C13H23NO2/c1-11-5-3-2-4-8-14(11)13(15)12-6-9-16-10-7-12/h11-12H,2-10H2,1H3/t11-/m0/s1. The Bertz CT molecular complexity index is 236. The zero-order valence-corrected chi connectivity index (χ0v) is 10.3. The van der Waals surface area contributed by atoms with E-state index in [4.69, 9.17) is 4.74 Å². The van der Waals surface area contributed by atoms with Crippen LogP contribution in [-0.4, -0.2) is 36.6 Å². The zero-order chi connectivity index (χ0) is 11.4. The second-order valence-corrected chi connectivity index (χ2v) is 5.12. The lowest BCUT2D eigenvalue weighted by Crippen LogP contribution is -2.43. The molecule has 2 fully saturated rings. The monoisotopic (exact) mass is 225 g/mol. The van der Waals surface area contributed by atoms with E-state index >= 15 is 0 Å². The van der Waals surface area contributed by atoms with Gasteiger partial charge in [-0.2, -0.15) is 0 Å². The van der Waals surface area contributed by atoms with Crippen molar-refractivity contribution in [1.82, 2.24) is 4.90 Å². The zero-order valence-electron chi connectivity index (χ0n) is 10.3. The first-order chi connectivity index (χ1) is 7.79. The summed E-state index contributed by atoms with van der Waals surface area (Å²) in [6.45, 7) is 4.69. The van der Waals surface area contributed by atoms with Crippen LogP contribution in [0.25, 0.3) is 0 Å². The van der Waals surface area contributed by atoms with Crippen LogP contribution in [0, 0.1) is 5.92 Å². The van der Waals surface area contributed by atoms with E-state index < -0.39 is 0 Å². The number of carbonyl (C=O) groups is 1. The molecule has 0 aromatic carbocycles. The third kappa shape index (κ3) is 2.76. The third-order valence-electron chi connectivity index (χ3n) is 3.91. The number of ether oxygens (including phenoxy) is 1. The number of hydrogen-bond acceptors (Lipinski definition) is 2. The fourth-order valence-corrected chi connectivity index (χ4v) is 2.78. The minimum atomic E-state index is 0.231. The molecule has 0 N–H and O–H groups in total. The average molecular weight is 225 g/mol. The van der Waals surface area contributed by atoms with Crippen molar-refractivity contribution in [2.24, 2.45) is 5.92 Å². The predicted molar refractivity (Wildman–Crippen MR) is 63.2 cm³/mol. The smallest absolute Gasteiger partial charge is 0.226 e. The first-order valence-electron chi connectivity index (χ1n) is 6.67. The van der Waals surface area contributed by atoms with E-state index in [9.17, 15) is 4.79 Å². The van der Waals surface area contributed by atoms with Crippen LogP contribution in [0.3, 0.4) is 0 Å². The summed E-state index contributed by atoms with van der Waals surface area (Å²) >= 11 is 0. The molecule has 2 aliphatic heterocycles. The fraction of sp³-hybridized carbons (Fsp3) is 0.923. The van der Waals surface area contributed by atoms with Crippen LogP contribution >= 0.6 is 0 Å². The van der Waals surface area contributed by atoms with Gasteiger partial charge in [0.05, 0.1) is 0 Å². The fourth-order valence-electron chi connectivity index (χ4n) is 2.78. The summed E-state index contributed by atoms with van der Waals surface area (Å²) in [6, 6.07) is 0.442. The van der Waals surface area contributed by atoms with Crippen LogP contribution in [0.5, 0.6) is 0 Å². The Morgan fingerprint density at radius 3 is 2.62 bits per heavy atom. The molecule has 0 spiro atoms. The molecule has 2 rings (SSSR count). The van der Waals surface area contributed by atoms with E-state index in [1.807, 2.05) is 0 Å². The number of carbonyl (C=O) groups excluding carboxylic acids is 1. The van der Waals surface area contributed by atoms with Crippen molar-refractivity contribution in [1.29, 1.82) is 0 Å². The Hall–Kier alpha value is -0.570. The molecule has 1 atom stereocenters. The molecule has 0 unspecified atom stereocenters. The van der Waals surface area contributed by atoms with Gasteiger partial charge < -0.3 is 9.64 Å². The highest BCUT2D eigenvalue weighted by Crippen LogP contribution is 2.23. The van der Waals surface area contributed by atoms with Crippen molar-refractivity contribution in [3.63, 3.8) is 0 Å². The lowest BCUT2D eigenvalue weighted by atomic mass is 9.97. The van der Waals surface area contributed by atoms with E-state index in [0.29, 0.717) is 11.9 Å². The van der Waals surface area contributed by atoms with Crippen LogP contribution in [0.4, 0.5) is 0 Å². The highest BCUT2D eigenvalue weighted by atomic mass is 16.5. The molecular formula is C13H23NO2. The van der Waals surface area contributed by atoms with E-state index in [1.54, 1.807) is 0 Å². The molecule has 0 bridgehead atoms. The molecule has 2 aliphatic rings. The van der Waals surface area contributed by atoms with Crippen molar-refractivity contribution in [3.8, 4) is 0 Å². The second kappa shape index (κ2) is 5.67. The molecule has 0 radical (unpaired) electrons. The van der Waals surface area contributed by atoms with Gasteiger partial charge in [0, 0.05) is 31.7 Å². The number of likely N-dealkylation sites (tertiary alicyclic amines) is 1. The predicted octanol–water partition coefficient (Wildman–Crippen LogP) is 2.20. The van der Waals surface area contributed by atoms with Gasteiger partial charge in [-0.1, -0.05) is 12.8 Å². The van der Waals surface area contributed by atoms with Crippen LogP contribution in [0.1, 0.15) is 45.4 Å². The molecule has 3 heteroatoms. The maximum Gasteiger partial charge on any atom is 0.226 e. The topological polar surface area (TPSA) is 29.5 Å². The molecule has 0 aromatic heterocycles. The van der Waals surface area contributed by atoms with Gasteiger partial charge in [-0.3, -0.25) is 4.79 Å². The lowest BCUT2D eigenvalue weighted by Gasteiger charge is -2.32. The van der Waals surface area contributed by atoms with Gasteiger partial charge in [-0.05, 0) is 32.6 Å². The van der Waals surface area contributed by atoms with Crippen molar-refractivity contribution in [2.45, 2.75) is 51.5 Å².